The van der Waals surface area contributed by atoms with E-state index in [1.165, 1.54) is 0 Å². The molecule has 0 aliphatic carbocycles. The predicted octanol–water partition coefficient (Wildman–Crippen LogP) is 3.40. The summed E-state index contributed by atoms with van der Waals surface area (Å²) in [6, 6.07) is 3.73. The fourth-order valence-corrected chi connectivity index (χ4v) is 1.54. The zero-order chi connectivity index (χ0) is 15.6. The summed E-state index contributed by atoms with van der Waals surface area (Å²) >= 11 is 0. The lowest BCUT2D eigenvalue weighted by molar-refractivity contribution is -0.126. The highest BCUT2D eigenvalue weighted by Gasteiger charge is 2.22. The van der Waals surface area contributed by atoms with Crippen molar-refractivity contribution in [3.63, 3.8) is 0 Å². The van der Waals surface area contributed by atoms with Gasteiger partial charge in [-0.05, 0) is 11.6 Å². The van der Waals surface area contributed by atoms with Gasteiger partial charge in [-0.15, -0.1) is 0 Å². The van der Waals surface area contributed by atoms with Crippen LogP contribution >= 0.6 is 0 Å². The molecule has 1 aromatic rings. The zero-order valence-electron chi connectivity index (χ0n) is 13.4. The van der Waals surface area contributed by atoms with E-state index in [1.54, 1.807) is 6.20 Å². The van der Waals surface area contributed by atoms with Crippen molar-refractivity contribution >= 4 is 11.6 Å². The summed E-state index contributed by atoms with van der Waals surface area (Å²) in [5.41, 5.74) is 0.984. The number of Topliss-reactive ketones (excluding diaryl/α,β-unsaturated/α-hetero) is 2. The number of carbonyl (C=O) groups excluding carboxylic acids is 2. The van der Waals surface area contributed by atoms with Crippen LogP contribution in [0.15, 0.2) is 18.3 Å². The molecule has 1 aromatic heterocycles. The molecule has 0 aliphatic heterocycles. The fraction of sp³-hybridized carbons (Fsp3) is 0.588. The minimum Gasteiger partial charge on any atom is -0.299 e. The number of ketones is 2. The van der Waals surface area contributed by atoms with Gasteiger partial charge in [-0.1, -0.05) is 47.6 Å². The van der Waals surface area contributed by atoms with E-state index in [9.17, 15) is 9.59 Å². The molecule has 110 valence electrons. The topological polar surface area (TPSA) is 47.0 Å². The highest BCUT2D eigenvalue weighted by Crippen LogP contribution is 2.19. The Bertz CT molecular complexity index is 440. The molecule has 1 heterocycles. The average Bonchev–Trinajstić information content (AvgIpc) is 2.29. The largest absolute Gasteiger partial charge is 0.299 e. The summed E-state index contributed by atoms with van der Waals surface area (Å²) in [6.45, 7) is 11.5. The third kappa shape index (κ3) is 4.87. The Morgan fingerprint density at radius 1 is 0.900 bits per heavy atom. The van der Waals surface area contributed by atoms with E-state index in [0.29, 0.717) is 12.8 Å². The molecule has 0 bridgehead atoms. The maximum Gasteiger partial charge on any atom is 0.144 e. The smallest absolute Gasteiger partial charge is 0.144 e. The number of pyridine rings is 1. The second-order valence-electron chi connectivity index (χ2n) is 7.36. The van der Waals surface area contributed by atoms with Crippen LogP contribution in [0.2, 0.25) is 0 Å². The molecule has 20 heavy (non-hydrogen) atoms. The molecule has 0 radical (unpaired) electrons. The van der Waals surface area contributed by atoms with E-state index in [-0.39, 0.29) is 22.4 Å². The first-order chi connectivity index (χ1) is 9.00. The van der Waals surface area contributed by atoms with Crippen molar-refractivity contribution in [1.82, 2.24) is 4.98 Å². The third-order valence-corrected chi connectivity index (χ3v) is 3.27. The number of hydrogen-bond acceptors (Lipinski definition) is 3. The van der Waals surface area contributed by atoms with Gasteiger partial charge < -0.3 is 0 Å². The zero-order valence-corrected chi connectivity index (χ0v) is 13.4. The molecule has 0 amide bonds. The van der Waals surface area contributed by atoms with E-state index in [4.69, 9.17) is 0 Å². The quantitative estimate of drug-likeness (QED) is 0.846. The Labute approximate surface area is 121 Å². The van der Waals surface area contributed by atoms with Gasteiger partial charge in [-0.2, -0.15) is 0 Å². The van der Waals surface area contributed by atoms with Gasteiger partial charge in [0.05, 0.1) is 0 Å². The summed E-state index contributed by atoms with van der Waals surface area (Å²) in [4.78, 5) is 28.2. The van der Waals surface area contributed by atoms with Crippen LogP contribution < -0.4 is 0 Å². The van der Waals surface area contributed by atoms with Crippen LogP contribution in [0.4, 0.5) is 0 Å². The summed E-state index contributed by atoms with van der Waals surface area (Å²) in [6.07, 6.45) is 2.44. The molecule has 0 N–H and O–H groups in total. The molecule has 0 aliphatic rings. The van der Waals surface area contributed by atoms with E-state index < -0.39 is 0 Å². The minimum atomic E-state index is -0.345. The van der Waals surface area contributed by atoms with Crippen molar-refractivity contribution in [3.8, 4) is 0 Å². The van der Waals surface area contributed by atoms with Gasteiger partial charge in [0, 0.05) is 35.6 Å². The molecule has 0 fully saturated rings. The molecule has 0 unspecified atom stereocenters. The maximum absolute atomic E-state index is 11.9. The minimum absolute atomic E-state index is 0.170. The Hall–Kier alpha value is -1.51. The van der Waals surface area contributed by atoms with Crippen LogP contribution in [0.25, 0.3) is 0 Å². The van der Waals surface area contributed by atoms with Gasteiger partial charge in [0.2, 0.25) is 0 Å². The van der Waals surface area contributed by atoms with Gasteiger partial charge in [0.1, 0.15) is 11.6 Å². The Morgan fingerprint density at radius 2 is 1.40 bits per heavy atom. The van der Waals surface area contributed by atoms with Crippen molar-refractivity contribution in [1.29, 1.82) is 0 Å². The first-order valence-corrected chi connectivity index (χ1v) is 7.00. The van der Waals surface area contributed by atoms with E-state index in [0.717, 1.165) is 11.3 Å². The van der Waals surface area contributed by atoms with E-state index in [2.05, 4.69) is 4.98 Å². The number of hydrogen-bond donors (Lipinski definition) is 0. The molecule has 3 nitrogen and oxygen atoms in total. The molecular weight excluding hydrogens is 250 g/mol. The highest BCUT2D eigenvalue weighted by molar-refractivity contribution is 5.86. The first-order valence-electron chi connectivity index (χ1n) is 7.00. The number of nitrogens with zero attached hydrogens (tertiary/aromatic N) is 1. The third-order valence-electron chi connectivity index (χ3n) is 3.27. The summed E-state index contributed by atoms with van der Waals surface area (Å²) in [5, 5.41) is 0. The normalized spacial score (nSPS) is 12.3. The second kappa shape index (κ2) is 5.86. The predicted molar refractivity (Wildman–Crippen MR) is 80.6 cm³/mol. The number of carbonyl (C=O) groups is 2. The molecule has 0 spiro atoms. The molecule has 0 saturated carbocycles. The number of rotatable bonds is 4. The van der Waals surface area contributed by atoms with Crippen LogP contribution in [0.5, 0.6) is 0 Å². The first kappa shape index (κ1) is 16.5. The van der Waals surface area contributed by atoms with Gasteiger partial charge in [0.25, 0.3) is 0 Å². The average molecular weight is 275 g/mol. The van der Waals surface area contributed by atoms with E-state index in [1.807, 2.05) is 53.7 Å². The fourth-order valence-electron chi connectivity index (χ4n) is 1.54. The van der Waals surface area contributed by atoms with Crippen molar-refractivity contribution in [3.05, 3.63) is 29.6 Å². The SMILES string of the molecule is CC(C)(C)C(=O)Cc1ccc(CC(=O)C(C)(C)C)nc1. The van der Waals surface area contributed by atoms with Crippen LogP contribution in [0, 0.1) is 10.8 Å². The van der Waals surface area contributed by atoms with Gasteiger partial charge in [0.15, 0.2) is 0 Å². The lowest BCUT2D eigenvalue weighted by Gasteiger charge is -2.17. The van der Waals surface area contributed by atoms with Crippen LogP contribution in [-0.4, -0.2) is 16.6 Å². The van der Waals surface area contributed by atoms with Gasteiger partial charge >= 0.3 is 0 Å². The van der Waals surface area contributed by atoms with Crippen LogP contribution in [0.1, 0.15) is 52.8 Å². The Balaban J connectivity index is 2.71. The van der Waals surface area contributed by atoms with Gasteiger partial charge in [-0.25, -0.2) is 0 Å². The van der Waals surface area contributed by atoms with E-state index >= 15 is 0 Å². The Kier molecular flexibility index (Phi) is 4.85. The summed E-state index contributed by atoms with van der Waals surface area (Å²) < 4.78 is 0. The Morgan fingerprint density at radius 3 is 1.80 bits per heavy atom. The monoisotopic (exact) mass is 275 g/mol. The molecule has 0 saturated heterocycles. The molecular formula is C17H25NO2. The lowest BCUT2D eigenvalue weighted by Crippen LogP contribution is -2.23. The van der Waals surface area contributed by atoms with Crippen molar-refractivity contribution < 1.29 is 9.59 Å². The highest BCUT2D eigenvalue weighted by atomic mass is 16.1. The molecule has 0 atom stereocenters. The molecule has 1 rings (SSSR count). The van der Waals surface area contributed by atoms with Crippen molar-refractivity contribution in [2.75, 3.05) is 0 Å². The van der Waals surface area contributed by atoms with Crippen molar-refractivity contribution in [2.45, 2.75) is 54.4 Å². The number of aromatic nitrogens is 1. The van der Waals surface area contributed by atoms with Crippen LogP contribution in [0.3, 0.4) is 0 Å². The van der Waals surface area contributed by atoms with Gasteiger partial charge in [-0.3, -0.25) is 14.6 Å². The maximum atomic E-state index is 11.9. The lowest BCUT2D eigenvalue weighted by atomic mass is 9.87. The standard InChI is InChI=1S/C17H25NO2/c1-16(2,3)14(19)9-12-7-8-13(18-11-12)10-15(20)17(4,5)6/h7-8,11H,9-10H2,1-6H3. The van der Waals surface area contributed by atoms with Crippen molar-refractivity contribution in [2.24, 2.45) is 10.8 Å². The summed E-state index contributed by atoms with van der Waals surface area (Å²) in [5.74, 6) is 0.362. The molecule has 0 aromatic carbocycles. The molecule has 3 heteroatoms. The summed E-state index contributed by atoms with van der Waals surface area (Å²) in [7, 11) is 0. The van der Waals surface area contributed by atoms with Crippen LogP contribution in [-0.2, 0) is 22.4 Å². The second-order valence-corrected chi connectivity index (χ2v) is 7.36.